The molecule has 0 saturated carbocycles. The maximum Gasteiger partial charge on any atom is 0.409 e. The molecule has 0 saturated heterocycles. The summed E-state index contributed by atoms with van der Waals surface area (Å²) in [6, 6.07) is 1.49. The number of carboxylic acid groups (broad SMARTS) is 3. The maximum absolute atomic E-state index is 12.9. The number of carbonyl (C=O) groups excluding carboxylic acids is 5. The van der Waals surface area contributed by atoms with Crippen LogP contribution in [0.1, 0.15) is 48.2 Å². The first-order valence-electron chi connectivity index (χ1n) is 19.5. The molecule has 28 heteroatoms. The van der Waals surface area contributed by atoms with E-state index in [0.717, 1.165) is 10.8 Å². The number of anilines is 2. The second-order valence-corrected chi connectivity index (χ2v) is 16.9. The van der Waals surface area contributed by atoms with Gasteiger partial charge in [-0.1, -0.05) is 21.6 Å². The Hall–Kier alpha value is -6.12. The lowest BCUT2D eigenvalue weighted by molar-refractivity contribution is -0.143. The molecule has 3 unspecified atom stereocenters. The van der Waals surface area contributed by atoms with Crippen LogP contribution >= 0.6 is 44.8 Å². The normalized spacial score (nSPS) is 12.2. The third-order valence-electron chi connectivity index (χ3n) is 8.61. The standard InChI is InChI=1S/C37H47Cl2N11O13S2/c38-10-1-12-50(13-11-39)37(62)63-14-15-64-65-19-25(32(56)43-18-28(53)54)46-27(52)8-6-23(34(58)59)45-26(51)9-7-24(35(60)61)47-31(55)20-2-4-21(5-3-20)41-16-22-17-42-30-29(44-22)33(57)49-36(40)48-30/h2-5,17,23-25,41H,1,6-16,18-19H2,(H,43,56)(H,45,51)(H,46,52)(H,47,55)(H,53,54)(H,58,59)(H,60,61)(H3,40,42,48,49,57). The Morgan fingerprint density at radius 1 is 0.846 bits per heavy atom. The number of hydrogen-bond donors (Lipinski definition) is 10. The highest BCUT2D eigenvalue weighted by atomic mass is 35.5. The first-order chi connectivity index (χ1) is 31.0. The molecule has 3 rings (SSSR count). The van der Waals surface area contributed by atoms with Crippen LogP contribution in [-0.2, 0) is 40.0 Å². The van der Waals surface area contributed by atoms with Crippen LogP contribution in [0.5, 0.6) is 0 Å². The number of nitrogen functional groups attached to an aromatic ring is 1. The number of H-pyrrole nitrogens is 1. The van der Waals surface area contributed by atoms with Crippen LogP contribution < -0.4 is 37.9 Å². The molecule has 5 amide bonds. The highest BCUT2D eigenvalue weighted by Crippen LogP contribution is 2.22. The fourth-order valence-electron chi connectivity index (χ4n) is 5.37. The van der Waals surface area contributed by atoms with E-state index in [2.05, 4.69) is 46.5 Å². The molecule has 354 valence electrons. The van der Waals surface area contributed by atoms with Crippen molar-refractivity contribution in [1.82, 2.24) is 46.1 Å². The number of hydrogen-bond acceptors (Lipinski definition) is 17. The minimum atomic E-state index is -1.60. The largest absolute Gasteiger partial charge is 0.480 e. The average molecular weight is 989 g/mol. The van der Waals surface area contributed by atoms with Crippen molar-refractivity contribution in [1.29, 1.82) is 0 Å². The van der Waals surface area contributed by atoms with E-state index in [1.54, 1.807) is 0 Å². The van der Waals surface area contributed by atoms with Crippen molar-refractivity contribution in [3.8, 4) is 0 Å². The number of carboxylic acids is 3. The summed E-state index contributed by atoms with van der Waals surface area (Å²) >= 11 is 11.4. The summed E-state index contributed by atoms with van der Waals surface area (Å²) in [7, 11) is 2.32. The quantitative estimate of drug-likeness (QED) is 0.0258. The van der Waals surface area contributed by atoms with Gasteiger partial charge in [-0.05, 0) is 43.5 Å². The number of ether oxygens (including phenoxy) is 1. The monoisotopic (exact) mass is 987 g/mol. The number of nitrogens with two attached hydrogens (primary N) is 1. The first kappa shape index (κ1) is 53.2. The summed E-state index contributed by atoms with van der Waals surface area (Å²) in [6.45, 7) is 0.0507. The molecule has 3 atom stereocenters. The van der Waals surface area contributed by atoms with Crippen LogP contribution in [0.3, 0.4) is 0 Å². The highest BCUT2D eigenvalue weighted by molar-refractivity contribution is 8.76. The highest BCUT2D eigenvalue weighted by Gasteiger charge is 2.27. The van der Waals surface area contributed by atoms with Crippen molar-refractivity contribution >= 4 is 115 Å². The van der Waals surface area contributed by atoms with Gasteiger partial charge in [0, 0.05) is 60.4 Å². The van der Waals surface area contributed by atoms with Gasteiger partial charge in [0.25, 0.3) is 11.5 Å². The van der Waals surface area contributed by atoms with Gasteiger partial charge in [0.05, 0.1) is 18.4 Å². The molecule has 0 radical (unpaired) electrons. The molecular weight excluding hydrogens is 942 g/mol. The van der Waals surface area contributed by atoms with Crippen molar-refractivity contribution in [2.75, 3.05) is 60.6 Å². The molecule has 24 nitrogen and oxygen atoms in total. The summed E-state index contributed by atoms with van der Waals surface area (Å²) < 4.78 is 5.24. The number of nitrogens with zero attached hydrogens (tertiary/aromatic N) is 4. The molecule has 0 bridgehead atoms. The Kier molecular flexibility index (Phi) is 22.9. The zero-order valence-electron chi connectivity index (χ0n) is 34.4. The van der Waals surface area contributed by atoms with Crippen LogP contribution in [0.15, 0.2) is 35.3 Å². The van der Waals surface area contributed by atoms with E-state index >= 15 is 0 Å². The molecule has 0 fully saturated rings. The number of aromatic nitrogens is 4. The first-order valence-corrected chi connectivity index (χ1v) is 23.0. The van der Waals surface area contributed by atoms with Gasteiger partial charge >= 0.3 is 24.0 Å². The Morgan fingerprint density at radius 3 is 2.11 bits per heavy atom. The number of rotatable bonds is 29. The molecule has 2 aromatic heterocycles. The number of nitrogens with one attached hydrogen (secondary N) is 6. The van der Waals surface area contributed by atoms with Gasteiger partial charge in [-0.25, -0.2) is 24.4 Å². The molecule has 0 aliphatic carbocycles. The van der Waals surface area contributed by atoms with E-state index in [-0.39, 0.29) is 59.8 Å². The van der Waals surface area contributed by atoms with Crippen molar-refractivity contribution in [2.24, 2.45) is 0 Å². The number of aromatic amines is 1. The fourth-order valence-corrected chi connectivity index (χ4v) is 7.69. The SMILES string of the molecule is Nc1nc2ncc(CNc3ccc(C(=O)NC(CCC(=O)NC(CCC(=O)NC(CSSCCOC(=O)N(CCCl)CCCCl)C(=O)NCC(=O)O)C(=O)O)C(=O)O)cc3)nc2c(=O)[nH]1. The van der Waals surface area contributed by atoms with Gasteiger partial charge in [0.2, 0.25) is 23.7 Å². The van der Waals surface area contributed by atoms with E-state index in [9.17, 15) is 53.4 Å². The van der Waals surface area contributed by atoms with Gasteiger partial charge in [-0.15, -0.1) is 23.2 Å². The van der Waals surface area contributed by atoms with Crippen molar-refractivity contribution in [2.45, 2.75) is 56.8 Å². The van der Waals surface area contributed by atoms with E-state index in [4.69, 9.17) is 38.8 Å². The Morgan fingerprint density at radius 2 is 1.49 bits per heavy atom. The van der Waals surface area contributed by atoms with Crippen LogP contribution in [0, 0.1) is 0 Å². The number of alkyl halides is 2. The number of halogens is 2. The zero-order valence-corrected chi connectivity index (χ0v) is 37.5. The number of amides is 5. The number of benzene rings is 1. The van der Waals surface area contributed by atoms with Gasteiger partial charge in [0.15, 0.2) is 11.2 Å². The van der Waals surface area contributed by atoms with Gasteiger partial charge in [-0.2, -0.15) is 4.98 Å². The maximum atomic E-state index is 12.9. The number of fused-ring (bicyclic) bond motifs is 1. The van der Waals surface area contributed by atoms with Crippen molar-refractivity contribution < 1.29 is 58.4 Å². The molecule has 3 aromatic rings. The molecule has 11 N–H and O–H groups in total. The van der Waals surface area contributed by atoms with E-state index in [1.165, 1.54) is 46.2 Å². The van der Waals surface area contributed by atoms with Gasteiger partial charge in [0.1, 0.15) is 31.3 Å². The van der Waals surface area contributed by atoms with Crippen LogP contribution in [0.2, 0.25) is 0 Å². The summed E-state index contributed by atoms with van der Waals surface area (Å²) in [5, 5.41) is 40.6. The zero-order chi connectivity index (χ0) is 47.9. The Labute approximate surface area is 387 Å². The third-order valence-corrected chi connectivity index (χ3v) is 11.4. The smallest absolute Gasteiger partial charge is 0.409 e. The minimum absolute atomic E-state index is 0.00305. The van der Waals surface area contributed by atoms with E-state index in [0.29, 0.717) is 30.2 Å². The second kappa shape index (κ2) is 27.9. The molecule has 1 aromatic carbocycles. The summed E-state index contributed by atoms with van der Waals surface area (Å²) in [5.41, 5.74) is 6.07. The molecule has 0 spiro atoms. The summed E-state index contributed by atoms with van der Waals surface area (Å²) in [4.78, 5) is 127. The van der Waals surface area contributed by atoms with Gasteiger partial charge < -0.3 is 57.3 Å². The second-order valence-electron chi connectivity index (χ2n) is 13.5. The van der Waals surface area contributed by atoms with E-state index in [1.807, 2.05) is 0 Å². The third kappa shape index (κ3) is 19.3. The Bertz CT molecular complexity index is 2210. The average Bonchev–Trinajstić information content (AvgIpc) is 3.26. The topological polar surface area (TPSA) is 367 Å². The van der Waals surface area contributed by atoms with Crippen molar-refractivity contribution in [3.63, 3.8) is 0 Å². The molecule has 0 aliphatic heterocycles. The minimum Gasteiger partial charge on any atom is -0.480 e. The Balaban J connectivity index is 1.46. The van der Waals surface area contributed by atoms with Gasteiger partial charge in [-0.3, -0.25) is 33.8 Å². The molecule has 2 heterocycles. The van der Waals surface area contributed by atoms with Crippen LogP contribution in [0.25, 0.3) is 11.2 Å². The predicted octanol–water partition coefficient (Wildman–Crippen LogP) is 0.594. The molecule has 0 aliphatic rings. The molecular formula is C37H47Cl2N11O13S2. The van der Waals surface area contributed by atoms with Crippen LogP contribution in [-0.4, -0.2) is 155 Å². The lowest BCUT2D eigenvalue weighted by Crippen LogP contribution is -2.49. The molecule has 65 heavy (non-hydrogen) atoms. The summed E-state index contributed by atoms with van der Waals surface area (Å²) in [6.07, 6.45) is -0.507. The summed E-state index contributed by atoms with van der Waals surface area (Å²) in [5.74, 6) is -6.91. The predicted molar refractivity (Wildman–Crippen MR) is 240 cm³/mol. The number of aliphatic carboxylic acids is 3. The lowest BCUT2D eigenvalue weighted by atomic mass is 10.1. The van der Waals surface area contributed by atoms with Crippen molar-refractivity contribution in [3.05, 3.63) is 52.1 Å². The van der Waals surface area contributed by atoms with E-state index < -0.39 is 104 Å². The van der Waals surface area contributed by atoms with Crippen LogP contribution in [0.4, 0.5) is 16.4 Å². The fraction of sp³-hybridized carbons (Fsp3) is 0.459. The lowest BCUT2D eigenvalue weighted by Gasteiger charge is -2.20. The number of carbonyl (C=O) groups is 8.